The number of fused-ring (bicyclic) bond motifs is 2. The van der Waals surface area contributed by atoms with Crippen molar-refractivity contribution >= 4 is 16.7 Å². The van der Waals surface area contributed by atoms with E-state index in [9.17, 15) is 0 Å². The van der Waals surface area contributed by atoms with Gasteiger partial charge in [-0.2, -0.15) is 0 Å². The Kier molecular flexibility index (Phi) is 7.31. The van der Waals surface area contributed by atoms with Crippen molar-refractivity contribution in [2.45, 2.75) is 33.7 Å². The third-order valence-electron chi connectivity index (χ3n) is 7.12. The Hall–Kier alpha value is -4.32. The van der Waals surface area contributed by atoms with Gasteiger partial charge in [-0.15, -0.1) is 0 Å². The Bertz CT molecular complexity index is 1550. The number of aromatic nitrogens is 2. The number of methoxy groups -OCH3 is 1. The summed E-state index contributed by atoms with van der Waals surface area (Å²) in [6, 6.07) is 21.1. The van der Waals surface area contributed by atoms with Crippen molar-refractivity contribution in [3.63, 3.8) is 0 Å². The van der Waals surface area contributed by atoms with Crippen LogP contribution in [-0.4, -0.2) is 40.8 Å². The lowest BCUT2D eigenvalue weighted by Gasteiger charge is -2.26. The van der Waals surface area contributed by atoms with Crippen LogP contribution in [0.4, 0.5) is 0 Å². The molecule has 0 fully saturated rings. The molecule has 4 aromatic rings. The predicted molar refractivity (Wildman–Crippen MR) is 155 cm³/mol. The van der Waals surface area contributed by atoms with Crippen LogP contribution in [0.15, 0.2) is 89.7 Å². The highest BCUT2D eigenvalue weighted by atomic mass is 16.5. The number of aromatic amines is 1. The van der Waals surface area contributed by atoms with E-state index < -0.39 is 0 Å². The lowest BCUT2D eigenvalue weighted by molar-refractivity contribution is 0.263. The van der Waals surface area contributed by atoms with Gasteiger partial charge in [0.15, 0.2) is 0 Å². The molecule has 0 radical (unpaired) electrons. The molecule has 6 nitrogen and oxygen atoms in total. The van der Waals surface area contributed by atoms with Crippen molar-refractivity contribution in [1.29, 1.82) is 0 Å². The normalized spacial score (nSPS) is 14.4. The first-order valence-corrected chi connectivity index (χ1v) is 12.9. The van der Waals surface area contributed by atoms with Gasteiger partial charge in [-0.1, -0.05) is 30.8 Å². The van der Waals surface area contributed by atoms with Gasteiger partial charge in [0, 0.05) is 36.1 Å². The van der Waals surface area contributed by atoms with Gasteiger partial charge in [0.25, 0.3) is 0 Å². The number of rotatable bonds is 7. The van der Waals surface area contributed by atoms with Gasteiger partial charge in [0.05, 0.1) is 24.7 Å². The molecule has 5 rings (SSSR count). The second-order valence-corrected chi connectivity index (χ2v) is 9.64. The summed E-state index contributed by atoms with van der Waals surface area (Å²) < 4.78 is 11.6. The van der Waals surface area contributed by atoms with Gasteiger partial charge in [-0.25, -0.2) is 4.98 Å². The predicted octanol–water partition coefficient (Wildman–Crippen LogP) is 6.86. The second-order valence-electron chi connectivity index (χ2n) is 9.64. The molecule has 1 aromatic heterocycles. The number of benzene rings is 3. The highest BCUT2D eigenvalue weighted by Crippen LogP contribution is 2.32. The van der Waals surface area contributed by atoms with Crippen LogP contribution >= 0.6 is 0 Å². The average Bonchev–Trinajstić information content (AvgIpc) is 3.16. The smallest absolute Gasteiger partial charge is 0.124 e. The maximum Gasteiger partial charge on any atom is 0.124 e. The zero-order chi connectivity index (χ0) is 26.6. The van der Waals surface area contributed by atoms with Crippen molar-refractivity contribution in [2.75, 3.05) is 20.3 Å². The molecular formula is C32H34N4O2. The fourth-order valence-electron chi connectivity index (χ4n) is 5.09. The number of nitrogens with one attached hydrogen (secondary N) is 1. The van der Waals surface area contributed by atoms with Crippen LogP contribution in [0.5, 0.6) is 11.5 Å². The van der Waals surface area contributed by atoms with E-state index in [1.165, 1.54) is 22.4 Å². The molecule has 0 atom stereocenters. The van der Waals surface area contributed by atoms with Crippen LogP contribution in [0.2, 0.25) is 0 Å². The fraction of sp³-hybridized carbons (Fsp3) is 0.250. The summed E-state index contributed by atoms with van der Waals surface area (Å²) in [5, 5.41) is 0. The average molecular weight is 507 g/mol. The zero-order valence-corrected chi connectivity index (χ0v) is 22.5. The SMILES string of the molecule is C=CN=C(C)/C(Cc1cccc(OC)c1)=C(\C)N1CCOc2ccc(-c3ccc4nc(C)[nH]c4c3)cc2C1. The van der Waals surface area contributed by atoms with Crippen molar-refractivity contribution in [1.82, 2.24) is 14.9 Å². The first kappa shape index (κ1) is 25.3. The molecule has 1 aliphatic rings. The number of nitrogens with zero attached hydrogens (tertiary/aromatic N) is 3. The number of hydrogen-bond donors (Lipinski definition) is 1. The van der Waals surface area contributed by atoms with Crippen molar-refractivity contribution in [2.24, 2.45) is 4.99 Å². The molecular weight excluding hydrogens is 472 g/mol. The van der Waals surface area contributed by atoms with Gasteiger partial charge in [-0.3, -0.25) is 4.99 Å². The summed E-state index contributed by atoms with van der Waals surface area (Å²) in [6.07, 6.45) is 2.36. The molecule has 3 aromatic carbocycles. The largest absolute Gasteiger partial charge is 0.497 e. The maximum absolute atomic E-state index is 6.19. The number of H-pyrrole nitrogens is 1. The minimum atomic E-state index is 0.618. The van der Waals surface area contributed by atoms with Gasteiger partial charge in [0.1, 0.15) is 23.9 Å². The third kappa shape index (κ3) is 5.35. The second kappa shape index (κ2) is 11.0. The quantitative estimate of drug-likeness (QED) is 0.278. The Morgan fingerprint density at radius 3 is 2.76 bits per heavy atom. The lowest BCUT2D eigenvalue weighted by Crippen LogP contribution is -2.26. The zero-order valence-electron chi connectivity index (χ0n) is 22.5. The molecule has 0 spiro atoms. The molecule has 194 valence electrons. The van der Waals surface area contributed by atoms with E-state index in [4.69, 9.17) is 9.47 Å². The summed E-state index contributed by atoms with van der Waals surface area (Å²) >= 11 is 0. The topological polar surface area (TPSA) is 62.7 Å². The third-order valence-corrected chi connectivity index (χ3v) is 7.12. The standard InChI is InChI=1S/C32H34N4O2/c1-6-33-21(2)29(17-24-8-7-9-28(16-24)37-5)22(3)36-14-15-38-32-13-11-25(18-27(32)20-36)26-10-12-30-31(19-26)35-23(4)34-30/h6-13,16,18-19H,1,14-15,17,20H2,2-5H3,(H,34,35)/b29-22+,33-21?. The van der Waals surface area contributed by atoms with Crippen LogP contribution in [0.3, 0.4) is 0 Å². The van der Waals surface area contributed by atoms with Gasteiger partial charge < -0.3 is 19.4 Å². The van der Waals surface area contributed by atoms with E-state index in [0.717, 1.165) is 64.7 Å². The number of hydrogen-bond acceptors (Lipinski definition) is 5. The molecule has 0 bridgehead atoms. The fourth-order valence-corrected chi connectivity index (χ4v) is 5.09. The van der Waals surface area contributed by atoms with Gasteiger partial charge in [-0.05, 0) is 79.4 Å². The van der Waals surface area contributed by atoms with E-state index in [0.29, 0.717) is 6.61 Å². The number of aryl methyl sites for hydroxylation is 1. The summed E-state index contributed by atoms with van der Waals surface area (Å²) in [5.41, 5.74) is 10.0. The summed E-state index contributed by atoms with van der Waals surface area (Å²) in [6.45, 7) is 12.2. The molecule has 38 heavy (non-hydrogen) atoms. The Labute approximate surface area is 224 Å². The van der Waals surface area contributed by atoms with Gasteiger partial charge in [0.2, 0.25) is 0 Å². The number of imidazole rings is 1. The lowest BCUT2D eigenvalue weighted by atomic mass is 9.98. The van der Waals surface area contributed by atoms with Crippen LogP contribution in [-0.2, 0) is 13.0 Å². The molecule has 0 aliphatic carbocycles. The molecule has 1 aliphatic heterocycles. The summed E-state index contributed by atoms with van der Waals surface area (Å²) in [4.78, 5) is 14.8. The first-order chi connectivity index (χ1) is 18.4. The molecule has 6 heteroatoms. The molecule has 0 amide bonds. The summed E-state index contributed by atoms with van der Waals surface area (Å²) in [7, 11) is 1.70. The number of allylic oxidation sites excluding steroid dienone is 2. The van der Waals surface area contributed by atoms with Crippen molar-refractivity contribution in [3.8, 4) is 22.6 Å². The van der Waals surface area contributed by atoms with Crippen LogP contribution < -0.4 is 9.47 Å². The molecule has 0 saturated carbocycles. The molecule has 0 unspecified atom stereocenters. The van der Waals surface area contributed by atoms with Crippen molar-refractivity contribution < 1.29 is 9.47 Å². The van der Waals surface area contributed by atoms with E-state index in [1.54, 1.807) is 13.3 Å². The molecule has 2 heterocycles. The van der Waals surface area contributed by atoms with E-state index >= 15 is 0 Å². The summed E-state index contributed by atoms with van der Waals surface area (Å²) in [5.74, 6) is 2.71. The van der Waals surface area contributed by atoms with Crippen LogP contribution in [0.1, 0.15) is 30.8 Å². The number of ether oxygens (including phenoxy) is 2. The van der Waals surface area contributed by atoms with E-state index in [1.807, 2.05) is 26.0 Å². The van der Waals surface area contributed by atoms with E-state index in [2.05, 4.69) is 81.9 Å². The van der Waals surface area contributed by atoms with Crippen molar-refractivity contribution in [3.05, 3.63) is 102 Å². The highest BCUT2D eigenvalue weighted by molar-refractivity contribution is 5.99. The Morgan fingerprint density at radius 2 is 1.95 bits per heavy atom. The Morgan fingerprint density at radius 1 is 1.13 bits per heavy atom. The maximum atomic E-state index is 6.19. The monoisotopic (exact) mass is 506 g/mol. The van der Waals surface area contributed by atoms with E-state index in [-0.39, 0.29) is 0 Å². The highest BCUT2D eigenvalue weighted by Gasteiger charge is 2.20. The number of aliphatic imine (C=N–C) groups is 1. The molecule has 1 N–H and O–H groups in total. The molecule has 0 saturated heterocycles. The van der Waals surface area contributed by atoms with Crippen LogP contribution in [0, 0.1) is 6.92 Å². The Balaban J connectivity index is 1.49. The first-order valence-electron chi connectivity index (χ1n) is 12.9. The minimum Gasteiger partial charge on any atom is -0.497 e. The van der Waals surface area contributed by atoms with Crippen LogP contribution in [0.25, 0.3) is 22.2 Å². The van der Waals surface area contributed by atoms with Gasteiger partial charge >= 0.3 is 0 Å². The minimum absolute atomic E-state index is 0.618.